The highest BCUT2D eigenvalue weighted by molar-refractivity contribution is 6.31. The smallest absolute Gasteiger partial charge is 0.234 e. The Bertz CT molecular complexity index is 1770. The van der Waals surface area contributed by atoms with Gasteiger partial charge in [0.05, 0.1) is 23.7 Å². The number of allylic oxidation sites excluding steroid dienone is 2. The van der Waals surface area contributed by atoms with Gasteiger partial charge < -0.3 is 15.3 Å². The molecule has 9 nitrogen and oxygen atoms in total. The van der Waals surface area contributed by atoms with Gasteiger partial charge in [-0.25, -0.2) is 0 Å². The van der Waals surface area contributed by atoms with Crippen molar-refractivity contribution in [1.82, 2.24) is 9.80 Å². The number of carbonyl (C=O) groups excluding carboxylic acids is 4. The van der Waals surface area contributed by atoms with E-state index in [4.69, 9.17) is 11.6 Å². The number of carbonyl (C=O) groups is 4. The van der Waals surface area contributed by atoms with Crippen molar-refractivity contribution in [2.24, 2.45) is 29.6 Å². The Kier molecular flexibility index (Phi) is 7.59. The van der Waals surface area contributed by atoms with Gasteiger partial charge in [0.2, 0.25) is 23.6 Å². The van der Waals surface area contributed by atoms with E-state index < -0.39 is 35.5 Å². The fraction of sp³-hybridized carbons (Fsp3) is 0.333. The molecule has 6 unspecified atom stereocenters. The molecule has 7 rings (SSSR count). The Labute approximate surface area is 270 Å². The minimum absolute atomic E-state index is 0.0273. The minimum atomic E-state index is -0.730. The summed E-state index contributed by atoms with van der Waals surface area (Å²) in [6, 6.07) is 17.9. The number of imide groups is 2. The van der Waals surface area contributed by atoms with Gasteiger partial charge in [-0.05, 0) is 84.7 Å². The highest BCUT2D eigenvalue weighted by Crippen LogP contribution is 2.58. The first-order valence-corrected chi connectivity index (χ1v) is 15.9. The van der Waals surface area contributed by atoms with Gasteiger partial charge in [0.25, 0.3) is 0 Å². The number of benzene rings is 3. The second-order valence-corrected chi connectivity index (χ2v) is 13.1. The van der Waals surface area contributed by atoms with Crippen LogP contribution in [0.1, 0.15) is 35.4 Å². The molecule has 3 aromatic rings. The minimum Gasteiger partial charge on any atom is -0.508 e. The average molecular weight is 641 g/mol. The van der Waals surface area contributed by atoms with Gasteiger partial charge in [0.15, 0.2) is 0 Å². The molecule has 3 fully saturated rings. The number of rotatable bonds is 7. The summed E-state index contributed by atoms with van der Waals surface area (Å²) in [5, 5.41) is 29.6. The van der Waals surface area contributed by atoms with Gasteiger partial charge in [-0.1, -0.05) is 53.6 Å². The van der Waals surface area contributed by atoms with Crippen LogP contribution in [0.4, 0.5) is 0 Å². The summed E-state index contributed by atoms with van der Waals surface area (Å²) >= 11 is 6.69. The van der Waals surface area contributed by atoms with Crippen molar-refractivity contribution in [3.63, 3.8) is 0 Å². The molecule has 6 atom stereocenters. The van der Waals surface area contributed by atoms with Crippen molar-refractivity contribution in [2.75, 3.05) is 13.1 Å². The summed E-state index contributed by atoms with van der Waals surface area (Å²) < 4.78 is 0. The molecular weight excluding hydrogens is 608 g/mol. The van der Waals surface area contributed by atoms with Crippen molar-refractivity contribution in [3.05, 3.63) is 100 Å². The van der Waals surface area contributed by atoms with E-state index in [9.17, 15) is 34.5 Å². The third kappa shape index (κ3) is 5.03. The van der Waals surface area contributed by atoms with E-state index in [-0.39, 0.29) is 65.4 Å². The Morgan fingerprint density at radius 3 is 1.72 bits per heavy atom. The van der Waals surface area contributed by atoms with E-state index in [2.05, 4.69) is 0 Å². The number of nitrogens with zero attached hydrogens (tertiary/aromatic N) is 2. The van der Waals surface area contributed by atoms with Crippen LogP contribution in [0, 0.1) is 29.6 Å². The normalized spacial score (nSPS) is 27.0. The predicted molar refractivity (Wildman–Crippen MR) is 168 cm³/mol. The molecule has 1 saturated carbocycles. The van der Waals surface area contributed by atoms with Gasteiger partial charge in [0.1, 0.15) is 17.2 Å². The highest BCUT2D eigenvalue weighted by Gasteiger charge is 2.61. The van der Waals surface area contributed by atoms with Crippen molar-refractivity contribution in [2.45, 2.75) is 31.6 Å². The molecule has 2 heterocycles. The maximum atomic E-state index is 14.1. The standard InChI is InChI=1S/C36H33ClN2O7/c37-29-17-23(42)9-10-25(29)30-24-11-12-26-31(35(45)38(33(26)43)15-13-19-1-5-21(40)6-2-19)27(24)18-28-32(30)36(46)39(34(28)44)16-14-20-3-7-22(41)8-4-20/h1-11,17,26-28,30-32,40-42H,12-16,18H2. The van der Waals surface area contributed by atoms with Crippen molar-refractivity contribution < 1.29 is 34.5 Å². The number of amides is 4. The first-order chi connectivity index (χ1) is 22.1. The van der Waals surface area contributed by atoms with Crippen molar-refractivity contribution in [3.8, 4) is 17.2 Å². The molecule has 2 saturated heterocycles. The number of phenols is 3. The molecular formula is C36H33ClN2O7. The lowest BCUT2D eigenvalue weighted by Crippen LogP contribution is -2.43. The summed E-state index contributed by atoms with van der Waals surface area (Å²) in [6.07, 6.45) is 3.45. The number of phenolic OH excluding ortho intramolecular Hbond substituents is 3. The van der Waals surface area contributed by atoms with E-state index in [1.807, 2.05) is 6.08 Å². The summed E-state index contributed by atoms with van der Waals surface area (Å²) in [6.45, 7) is 0.378. The van der Waals surface area contributed by atoms with Gasteiger partial charge in [-0.3, -0.25) is 29.0 Å². The third-order valence-electron chi connectivity index (χ3n) is 10.3. The molecule has 46 heavy (non-hydrogen) atoms. The Hall–Kier alpha value is -4.63. The van der Waals surface area contributed by atoms with Gasteiger partial charge in [-0.2, -0.15) is 0 Å². The van der Waals surface area contributed by atoms with E-state index in [1.165, 1.54) is 21.9 Å². The number of aromatic hydroxyl groups is 3. The lowest BCUT2D eigenvalue weighted by molar-refractivity contribution is -0.142. The molecule has 4 aliphatic rings. The molecule has 0 aromatic heterocycles. The van der Waals surface area contributed by atoms with E-state index in [1.54, 1.807) is 54.6 Å². The predicted octanol–water partition coefficient (Wildman–Crippen LogP) is 4.58. The second kappa shape index (κ2) is 11.6. The lowest BCUT2D eigenvalue weighted by atomic mass is 9.57. The number of halogens is 1. The van der Waals surface area contributed by atoms with Gasteiger partial charge in [-0.15, -0.1) is 0 Å². The summed E-state index contributed by atoms with van der Waals surface area (Å²) in [4.78, 5) is 58.4. The maximum absolute atomic E-state index is 14.1. The summed E-state index contributed by atoms with van der Waals surface area (Å²) in [5.41, 5.74) is 3.20. The first kappa shape index (κ1) is 30.0. The molecule has 236 valence electrons. The van der Waals surface area contributed by atoms with Crippen LogP contribution in [-0.4, -0.2) is 61.8 Å². The molecule has 3 N–H and O–H groups in total. The van der Waals surface area contributed by atoms with Crippen LogP contribution in [-0.2, 0) is 32.0 Å². The third-order valence-corrected chi connectivity index (χ3v) is 10.6. The zero-order chi connectivity index (χ0) is 32.3. The molecule has 2 aliphatic heterocycles. The number of fused-ring (bicyclic) bond motifs is 4. The largest absolute Gasteiger partial charge is 0.508 e. The second-order valence-electron chi connectivity index (χ2n) is 12.7. The number of hydrogen-bond donors (Lipinski definition) is 3. The van der Waals surface area contributed by atoms with Crippen LogP contribution in [0.15, 0.2) is 78.4 Å². The Balaban J connectivity index is 1.20. The van der Waals surface area contributed by atoms with Crippen LogP contribution in [0.5, 0.6) is 17.2 Å². The zero-order valence-corrected chi connectivity index (χ0v) is 25.6. The van der Waals surface area contributed by atoms with Gasteiger partial charge >= 0.3 is 0 Å². The molecule has 10 heteroatoms. The average Bonchev–Trinajstić information content (AvgIpc) is 3.43. The van der Waals surface area contributed by atoms with Crippen LogP contribution >= 0.6 is 11.6 Å². The Morgan fingerprint density at radius 1 is 0.630 bits per heavy atom. The molecule has 2 aliphatic carbocycles. The number of likely N-dealkylation sites (tertiary alicyclic amines) is 2. The molecule has 3 aromatic carbocycles. The van der Waals surface area contributed by atoms with Gasteiger partial charge in [0, 0.05) is 24.0 Å². The first-order valence-electron chi connectivity index (χ1n) is 15.6. The van der Waals surface area contributed by atoms with E-state index >= 15 is 0 Å². The van der Waals surface area contributed by atoms with Crippen molar-refractivity contribution >= 4 is 35.2 Å². The topological polar surface area (TPSA) is 135 Å². The SMILES string of the molecule is O=C1C2CC=C3C(CC4C(=O)N(CCc5ccc(O)cc5)C(=O)C4C3c3ccc(O)cc3Cl)C2C(=O)N1CCc1ccc(O)cc1. The van der Waals surface area contributed by atoms with E-state index in [0.29, 0.717) is 24.8 Å². The van der Waals surface area contributed by atoms with Crippen LogP contribution in [0.3, 0.4) is 0 Å². The van der Waals surface area contributed by atoms with Crippen molar-refractivity contribution in [1.29, 1.82) is 0 Å². The molecule has 0 spiro atoms. The summed E-state index contributed by atoms with van der Waals surface area (Å²) in [7, 11) is 0. The molecule has 0 radical (unpaired) electrons. The monoisotopic (exact) mass is 640 g/mol. The zero-order valence-electron chi connectivity index (χ0n) is 24.9. The molecule has 0 bridgehead atoms. The highest BCUT2D eigenvalue weighted by atomic mass is 35.5. The number of hydrogen-bond acceptors (Lipinski definition) is 7. The fourth-order valence-corrected chi connectivity index (χ4v) is 8.38. The van der Waals surface area contributed by atoms with E-state index in [0.717, 1.165) is 16.7 Å². The quantitative estimate of drug-likeness (QED) is 0.254. The fourth-order valence-electron chi connectivity index (χ4n) is 8.08. The summed E-state index contributed by atoms with van der Waals surface area (Å²) in [5.74, 6) is -4.50. The maximum Gasteiger partial charge on any atom is 0.234 e. The lowest BCUT2D eigenvalue weighted by Gasteiger charge is -2.44. The van der Waals surface area contributed by atoms with Crippen LogP contribution < -0.4 is 0 Å². The van der Waals surface area contributed by atoms with Crippen LogP contribution in [0.25, 0.3) is 0 Å². The molecule has 4 amide bonds. The Morgan fingerprint density at radius 2 is 1.15 bits per heavy atom. The van der Waals surface area contributed by atoms with Crippen LogP contribution in [0.2, 0.25) is 5.02 Å².